The van der Waals surface area contributed by atoms with Crippen LogP contribution >= 0.6 is 11.3 Å². The third kappa shape index (κ3) is 3.12. The lowest BCUT2D eigenvalue weighted by molar-refractivity contribution is 0.104. The Hall–Kier alpha value is -2.58. The molecule has 0 radical (unpaired) electrons. The highest BCUT2D eigenvalue weighted by molar-refractivity contribution is 7.12. The Labute approximate surface area is 126 Å². The lowest BCUT2D eigenvalue weighted by atomic mass is 10.1. The van der Waals surface area contributed by atoms with E-state index in [0.717, 1.165) is 0 Å². The lowest BCUT2D eigenvalue weighted by Gasteiger charge is -2.10. The first-order valence-electron chi connectivity index (χ1n) is 6.12. The van der Waals surface area contributed by atoms with E-state index in [9.17, 15) is 10.1 Å². The molecule has 0 saturated heterocycles. The van der Waals surface area contributed by atoms with Gasteiger partial charge in [-0.25, -0.2) is 0 Å². The number of nitrogens with zero attached hydrogens (tertiary/aromatic N) is 1. The van der Waals surface area contributed by atoms with Gasteiger partial charge in [0, 0.05) is 5.56 Å². The molecule has 21 heavy (non-hydrogen) atoms. The molecular formula is C16H13NO3S. The summed E-state index contributed by atoms with van der Waals surface area (Å²) in [5.41, 5.74) is 0.683. The minimum atomic E-state index is -0.294. The molecule has 0 aliphatic heterocycles. The number of carbonyl (C=O) groups excluding carboxylic acids is 1. The number of rotatable bonds is 5. The fraction of sp³-hybridized carbons (Fsp3) is 0.125. The molecule has 0 atom stereocenters. The molecule has 4 nitrogen and oxygen atoms in total. The quantitative estimate of drug-likeness (QED) is 0.481. The molecule has 1 heterocycles. The van der Waals surface area contributed by atoms with Gasteiger partial charge in [-0.2, -0.15) is 5.26 Å². The zero-order valence-corrected chi connectivity index (χ0v) is 12.4. The number of thiophene rings is 1. The summed E-state index contributed by atoms with van der Waals surface area (Å²) in [5, 5.41) is 11.0. The number of ether oxygens (including phenoxy) is 2. The van der Waals surface area contributed by atoms with Gasteiger partial charge in [-0.1, -0.05) is 18.2 Å². The van der Waals surface area contributed by atoms with Gasteiger partial charge < -0.3 is 9.47 Å². The molecule has 106 valence electrons. The van der Waals surface area contributed by atoms with Gasteiger partial charge in [0.2, 0.25) is 5.78 Å². The summed E-state index contributed by atoms with van der Waals surface area (Å²) in [7, 11) is 3.05. The van der Waals surface area contributed by atoms with E-state index >= 15 is 0 Å². The maximum absolute atomic E-state index is 12.2. The van der Waals surface area contributed by atoms with E-state index in [2.05, 4.69) is 0 Å². The minimum absolute atomic E-state index is 0.0593. The molecule has 0 N–H and O–H groups in total. The van der Waals surface area contributed by atoms with Crippen molar-refractivity contribution in [3.05, 3.63) is 51.7 Å². The van der Waals surface area contributed by atoms with Crippen molar-refractivity contribution >= 4 is 23.2 Å². The van der Waals surface area contributed by atoms with E-state index in [1.54, 1.807) is 35.7 Å². The number of hydrogen-bond donors (Lipinski definition) is 0. The van der Waals surface area contributed by atoms with Crippen LogP contribution in [0.1, 0.15) is 15.2 Å². The van der Waals surface area contributed by atoms with Gasteiger partial charge in [0.1, 0.15) is 11.6 Å². The zero-order chi connectivity index (χ0) is 15.2. The molecule has 0 bridgehead atoms. The van der Waals surface area contributed by atoms with Gasteiger partial charge in [0.25, 0.3) is 0 Å². The lowest BCUT2D eigenvalue weighted by Crippen LogP contribution is -2.00. The fourth-order valence-corrected chi connectivity index (χ4v) is 2.55. The second kappa shape index (κ2) is 6.73. The Morgan fingerprint density at radius 1 is 1.24 bits per heavy atom. The van der Waals surface area contributed by atoms with Crippen molar-refractivity contribution in [3.63, 3.8) is 0 Å². The molecule has 1 aromatic carbocycles. The number of para-hydroxylation sites is 1. The molecule has 0 amide bonds. The van der Waals surface area contributed by atoms with Crippen LogP contribution in [-0.2, 0) is 0 Å². The van der Waals surface area contributed by atoms with Crippen molar-refractivity contribution in [1.82, 2.24) is 0 Å². The maximum Gasteiger partial charge on any atom is 0.213 e. The van der Waals surface area contributed by atoms with Crippen molar-refractivity contribution in [3.8, 4) is 17.6 Å². The summed E-state index contributed by atoms with van der Waals surface area (Å²) in [4.78, 5) is 12.8. The van der Waals surface area contributed by atoms with Gasteiger partial charge in [-0.3, -0.25) is 4.79 Å². The highest BCUT2D eigenvalue weighted by Gasteiger charge is 2.15. The average molecular weight is 299 g/mol. The molecule has 2 aromatic rings. The van der Waals surface area contributed by atoms with Crippen LogP contribution in [0.25, 0.3) is 6.08 Å². The predicted molar refractivity (Wildman–Crippen MR) is 81.8 cm³/mol. The van der Waals surface area contributed by atoms with E-state index in [-0.39, 0.29) is 11.4 Å². The van der Waals surface area contributed by atoms with E-state index in [1.807, 2.05) is 6.07 Å². The molecule has 0 unspecified atom stereocenters. The van der Waals surface area contributed by atoms with Gasteiger partial charge >= 0.3 is 0 Å². The van der Waals surface area contributed by atoms with E-state index in [0.29, 0.717) is 21.9 Å². The molecular weight excluding hydrogens is 286 g/mol. The predicted octanol–water partition coefficient (Wildman–Crippen LogP) is 3.56. The first kappa shape index (κ1) is 14.8. The average Bonchev–Trinajstić information content (AvgIpc) is 3.05. The molecule has 2 rings (SSSR count). The number of allylic oxidation sites excluding steroid dienone is 1. The van der Waals surface area contributed by atoms with Crippen LogP contribution in [0, 0.1) is 11.3 Å². The standard InChI is InChI=1S/C16H13NO3S/c1-19-13-6-3-5-11(16(13)20-2)9-12(10-17)15(18)14-7-4-8-21-14/h3-9H,1-2H3/b12-9+. The van der Waals surface area contributed by atoms with Crippen LogP contribution in [0.4, 0.5) is 0 Å². The minimum Gasteiger partial charge on any atom is -0.493 e. The monoisotopic (exact) mass is 299 g/mol. The first-order chi connectivity index (χ1) is 10.2. The number of benzene rings is 1. The maximum atomic E-state index is 12.2. The highest BCUT2D eigenvalue weighted by Crippen LogP contribution is 2.32. The molecule has 5 heteroatoms. The van der Waals surface area contributed by atoms with Crippen LogP contribution in [-0.4, -0.2) is 20.0 Å². The summed E-state index contributed by atoms with van der Waals surface area (Å²) in [6, 6.07) is 10.7. The molecule has 0 fully saturated rings. The van der Waals surface area contributed by atoms with E-state index in [1.165, 1.54) is 31.6 Å². The Morgan fingerprint density at radius 2 is 2.05 bits per heavy atom. The van der Waals surface area contributed by atoms with E-state index < -0.39 is 0 Å². The van der Waals surface area contributed by atoms with Crippen LogP contribution in [0.5, 0.6) is 11.5 Å². The van der Waals surface area contributed by atoms with Crippen molar-refractivity contribution in [1.29, 1.82) is 5.26 Å². The van der Waals surface area contributed by atoms with Gasteiger partial charge in [0.05, 0.1) is 19.1 Å². The summed E-state index contributed by atoms with van der Waals surface area (Å²) < 4.78 is 10.5. The van der Waals surface area contributed by atoms with Crippen LogP contribution in [0.3, 0.4) is 0 Å². The highest BCUT2D eigenvalue weighted by atomic mass is 32.1. The summed E-state index contributed by atoms with van der Waals surface area (Å²) in [6.45, 7) is 0. The Morgan fingerprint density at radius 3 is 2.62 bits per heavy atom. The van der Waals surface area contributed by atoms with E-state index in [4.69, 9.17) is 9.47 Å². The smallest absolute Gasteiger partial charge is 0.213 e. The fourth-order valence-electron chi connectivity index (χ4n) is 1.87. The number of methoxy groups -OCH3 is 2. The number of carbonyl (C=O) groups is 1. The topological polar surface area (TPSA) is 59.3 Å². The van der Waals surface area contributed by atoms with Crippen molar-refractivity contribution in [2.24, 2.45) is 0 Å². The Balaban J connectivity index is 2.46. The molecule has 0 aliphatic rings. The van der Waals surface area contributed by atoms with Gasteiger partial charge in [-0.05, 0) is 23.6 Å². The summed E-state index contributed by atoms with van der Waals surface area (Å²) in [5.74, 6) is 0.746. The summed E-state index contributed by atoms with van der Waals surface area (Å²) >= 11 is 1.31. The van der Waals surface area contributed by atoms with Crippen LogP contribution in [0.2, 0.25) is 0 Å². The van der Waals surface area contributed by atoms with Gasteiger partial charge in [-0.15, -0.1) is 11.3 Å². The number of nitriles is 1. The second-order valence-electron chi connectivity index (χ2n) is 4.06. The largest absolute Gasteiger partial charge is 0.493 e. The first-order valence-corrected chi connectivity index (χ1v) is 7.00. The number of ketones is 1. The van der Waals surface area contributed by atoms with Crippen molar-refractivity contribution in [2.45, 2.75) is 0 Å². The Kier molecular flexibility index (Phi) is 4.75. The van der Waals surface area contributed by atoms with Crippen molar-refractivity contribution < 1.29 is 14.3 Å². The van der Waals surface area contributed by atoms with Crippen molar-refractivity contribution in [2.75, 3.05) is 14.2 Å². The molecule has 0 saturated carbocycles. The third-order valence-corrected chi connectivity index (χ3v) is 3.71. The zero-order valence-electron chi connectivity index (χ0n) is 11.6. The third-order valence-electron chi connectivity index (χ3n) is 2.84. The normalized spacial score (nSPS) is 10.8. The SMILES string of the molecule is COc1cccc(/C=C(\C#N)C(=O)c2cccs2)c1OC. The Bertz CT molecular complexity index is 712. The van der Waals surface area contributed by atoms with Gasteiger partial charge in [0.15, 0.2) is 11.5 Å². The molecule has 1 aromatic heterocycles. The molecule has 0 spiro atoms. The second-order valence-corrected chi connectivity index (χ2v) is 5.01. The number of Topliss-reactive ketones (excluding diaryl/α,β-unsaturated/α-hetero) is 1. The molecule has 0 aliphatic carbocycles. The van der Waals surface area contributed by atoms with Crippen LogP contribution < -0.4 is 9.47 Å². The van der Waals surface area contributed by atoms with Crippen LogP contribution in [0.15, 0.2) is 41.3 Å². The summed E-state index contributed by atoms with van der Waals surface area (Å²) in [6.07, 6.45) is 1.52. The number of hydrogen-bond acceptors (Lipinski definition) is 5.